The molecular weight excluding hydrogens is 440 g/mol. The van der Waals surface area contributed by atoms with Crippen molar-refractivity contribution < 1.29 is 9.73 Å². The summed E-state index contributed by atoms with van der Waals surface area (Å²) in [6.07, 6.45) is 5.82. The molecular formula is C28H39N4OS+. The van der Waals surface area contributed by atoms with E-state index in [9.17, 15) is 0 Å². The Bertz CT molecular complexity index is 1000. The molecule has 2 aromatic carbocycles. The van der Waals surface area contributed by atoms with Gasteiger partial charge in [0.1, 0.15) is 23.9 Å². The average molecular weight is 480 g/mol. The van der Waals surface area contributed by atoms with E-state index in [2.05, 4.69) is 79.2 Å². The topological polar surface area (TPSA) is 41.7 Å². The molecule has 0 amide bonds. The van der Waals surface area contributed by atoms with Gasteiger partial charge in [-0.05, 0) is 61.5 Å². The number of rotatable bonds is 6. The molecule has 1 saturated heterocycles. The van der Waals surface area contributed by atoms with E-state index in [1.165, 1.54) is 24.9 Å². The summed E-state index contributed by atoms with van der Waals surface area (Å²) in [4.78, 5) is 8.38. The van der Waals surface area contributed by atoms with Gasteiger partial charge in [-0.2, -0.15) is 0 Å². The molecule has 2 N–H and O–H groups in total. The van der Waals surface area contributed by atoms with E-state index in [0.29, 0.717) is 6.61 Å². The maximum absolute atomic E-state index is 6.20. The highest BCUT2D eigenvalue weighted by atomic mass is 32.1. The number of thiocarbonyl (C=S) groups is 1. The van der Waals surface area contributed by atoms with Crippen molar-refractivity contribution in [2.24, 2.45) is 5.41 Å². The van der Waals surface area contributed by atoms with Crippen molar-refractivity contribution in [3.8, 4) is 5.75 Å². The van der Waals surface area contributed by atoms with E-state index < -0.39 is 0 Å². The molecule has 1 heterocycles. The fourth-order valence-corrected chi connectivity index (χ4v) is 5.39. The lowest BCUT2D eigenvalue weighted by atomic mass is 9.79. The quantitative estimate of drug-likeness (QED) is 0.610. The van der Waals surface area contributed by atoms with Crippen LogP contribution in [0.25, 0.3) is 0 Å². The third-order valence-corrected chi connectivity index (χ3v) is 7.44. The van der Waals surface area contributed by atoms with Crippen LogP contribution in [0.2, 0.25) is 0 Å². The van der Waals surface area contributed by atoms with Crippen LogP contribution in [-0.4, -0.2) is 43.2 Å². The van der Waals surface area contributed by atoms with Gasteiger partial charge in [-0.1, -0.05) is 58.2 Å². The highest BCUT2D eigenvalue weighted by Crippen LogP contribution is 2.40. The number of hydrogen-bond donors (Lipinski definition) is 2. The van der Waals surface area contributed by atoms with Crippen LogP contribution >= 0.6 is 12.2 Å². The van der Waals surface area contributed by atoms with Gasteiger partial charge in [0.05, 0.1) is 0 Å². The van der Waals surface area contributed by atoms with Crippen molar-refractivity contribution >= 4 is 34.5 Å². The van der Waals surface area contributed by atoms with Gasteiger partial charge in [-0.25, -0.2) is 5.32 Å². The monoisotopic (exact) mass is 479 g/mol. The Kier molecular flexibility index (Phi) is 7.17. The molecule has 1 unspecified atom stereocenters. The zero-order valence-corrected chi connectivity index (χ0v) is 22.0. The van der Waals surface area contributed by atoms with Crippen molar-refractivity contribution in [1.82, 2.24) is 5.32 Å². The van der Waals surface area contributed by atoms with Gasteiger partial charge in [0, 0.05) is 30.9 Å². The van der Waals surface area contributed by atoms with Gasteiger partial charge in [0.25, 0.3) is 10.9 Å². The Labute approximate surface area is 210 Å². The van der Waals surface area contributed by atoms with E-state index in [4.69, 9.17) is 17.0 Å². The molecule has 2 aromatic rings. The third kappa shape index (κ3) is 5.07. The highest BCUT2D eigenvalue weighted by Gasteiger charge is 2.55. The van der Waals surface area contributed by atoms with Crippen molar-refractivity contribution in [2.45, 2.75) is 64.5 Å². The van der Waals surface area contributed by atoms with Crippen molar-refractivity contribution in [2.75, 3.05) is 30.5 Å². The van der Waals surface area contributed by atoms with E-state index in [1.54, 1.807) is 0 Å². The second-order valence-corrected chi connectivity index (χ2v) is 11.2. The molecule has 0 aromatic heterocycles. The molecule has 1 aliphatic carbocycles. The van der Waals surface area contributed by atoms with Crippen LogP contribution in [0.3, 0.4) is 0 Å². The number of anilines is 2. The zero-order chi connectivity index (χ0) is 24.3. The fraction of sp³-hybridized carbons (Fsp3) is 0.500. The van der Waals surface area contributed by atoms with E-state index in [1.807, 2.05) is 30.3 Å². The molecule has 5 nitrogen and oxygen atoms in total. The maximum atomic E-state index is 6.20. The van der Waals surface area contributed by atoms with Crippen molar-refractivity contribution in [3.05, 3.63) is 54.6 Å². The second-order valence-electron chi connectivity index (χ2n) is 10.8. The lowest BCUT2D eigenvalue weighted by molar-refractivity contribution is -0.528. The second kappa shape index (κ2) is 9.95. The van der Waals surface area contributed by atoms with Gasteiger partial charge < -0.3 is 9.64 Å². The van der Waals surface area contributed by atoms with E-state index in [-0.39, 0.29) is 17.0 Å². The predicted molar refractivity (Wildman–Crippen MR) is 146 cm³/mol. The van der Waals surface area contributed by atoms with Crippen LogP contribution in [0.4, 0.5) is 11.4 Å². The minimum Gasteiger partial charge on any atom is -0.489 e. The standard InChI is InChI=1S/C28H38N4OS/c1-27(2,3)24(20-33-23-12-8-6-9-13-23)29-25-28(18-10-7-11-19-28)32(26(34)30-25)22-16-14-21(15-17-22)31(4)5/h6,8-9,12-17,24H,7,10-11,18-20H2,1-5H3,(H,29,30,34)/p+1. The summed E-state index contributed by atoms with van der Waals surface area (Å²) in [5.74, 6) is 2.03. The smallest absolute Gasteiger partial charge is 0.276 e. The van der Waals surface area contributed by atoms with E-state index in [0.717, 1.165) is 35.2 Å². The first-order valence-corrected chi connectivity index (χ1v) is 12.8. The maximum Gasteiger partial charge on any atom is 0.276 e. The number of para-hydroxylation sites is 1. The molecule has 4 rings (SSSR count). The molecule has 2 aliphatic rings. The van der Waals surface area contributed by atoms with Crippen LogP contribution < -0.4 is 24.8 Å². The van der Waals surface area contributed by atoms with E-state index >= 15 is 0 Å². The Morgan fingerprint density at radius 1 is 1.03 bits per heavy atom. The largest absolute Gasteiger partial charge is 0.489 e. The van der Waals surface area contributed by atoms with Gasteiger partial charge in [-0.15, -0.1) is 0 Å². The fourth-order valence-electron chi connectivity index (χ4n) is 5.01. The first-order chi connectivity index (χ1) is 16.2. The van der Waals surface area contributed by atoms with Crippen LogP contribution in [0.15, 0.2) is 54.6 Å². The summed E-state index contributed by atoms with van der Waals surface area (Å²) in [6.45, 7) is 7.37. The Balaban J connectivity index is 1.68. The van der Waals surface area contributed by atoms with Crippen LogP contribution in [0.5, 0.6) is 5.75 Å². The molecule has 2 fully saturated rings. The molecule has 182 valence electrons. The molecule has 1 atom stereocenters. The average Bonchev–Trinajstić information content (AvgIpc) is 3.07. The predicted octanol–water partition coefficient (Wildman–Crippen LogP) is 4.12. The summed E-state index contributed by atoms with van der Waals surface area (Å²) in [7, 11) is 4.14. The van der Waals surface area contributed by atoms with Gasteiger partial charge in [0.15, 0.2) is 0 Å². The molecule has 1 spiro atoms. The normalized spacial score (nSPS) is 19.9. The summed E-state index contributed by atoms with van der Waals surface area (Å²) in [5.41, 5.74) is 2.18. The van der Waals surface area contributed by atoms with Gasteiger partial charge in [0.2, 0.25) is 0 Å². The van der Waals surface area contributed by atoms with Crippen molar-refractivity contribution in [3.63, 3.8) is 0 Å². The number of benzene rings is 2. The highest BCUT2D eigenvalue weighted by molar-refractivity contribution is 7.80. The van der Waals surface area contributed by atoms with Crippen LogP contribution in [0, 0.1) is 5.41 Å². The third-order valence-electron chi connectivity index (χ3n) is 7.16. The van der Waals surface area contributed by atoms with Gasteiger partial charge >= 0.3 is 0 Å². The SMILES string of the molecule is CN(C)c1ccc(N2C(=S)NC(=[NH+]C(COc3ccccc3)C(C)(C)C)C23CCCCC3)cc1. The van der Waals surface area contributed by atoms with Gasteiger partial charge in [-0.3, -0.25) is 9.89 Å². The Morgan fingerprint density at radius 2 is 1.68 bits per heavy atom. The first kappa shape index (κ1) is 24.5. The lowest BCUT2D eigenvalue weighted by Crippen LogP contribution is -2.88. The lowest BCUT2D eigenvalue weighted by Gasteiger charge is -2.38. The number of nitrogens with one attached hydrogen (secondary N) is 2. The minimum absolute atomic E-state index is 0.00170. The summed E-state index contributed by atoms with van der Waals surface area (Å²) < 4.78 is 6.20. The Hall–Kier alpha value is -2.60. The minimum atomic E-state index is -0.161. The van der Waals surface area contributed by atoms with Crippen molar-refractivity contribution in [1.29, 1.82) is 0 Å². The molecule has 0 radical (unpaired) electrons. The zero-order valence-electron chi connectivity index (χ0n) is 21.2. The number of nitrogens with zero attached hydrogens (tertiary/aromatic N) is 2. The number of ether oxygens (including phenoxy) is 1. The number of amidine groups is 1. The van der Waals surface area contributed by atoms with Crippen LogP contribution in [-0.2, 0) is 0 Å². The molecule has 6 heteroatoms. The molecule has 34 heavy (non-hydrogen) atoms. The Morgan fingerprint density at radius 3 is 2.26 bits per heavy atom. The summed E-state index contributed by atoms with van der Waals surface area (Å²) in [5, 5.41) is 4.37. The molecule has 1 aliphatic heterocycles. The number of hydrogen-bond acceptors (Lipinski definition) is 3. The molecule has 0 bridgehead atoms. The molecule has 1 saturated carbocycles. The summed E-state index contributed by atoms with van der Waals surface area (Å²) in [6, 6.07) is 18.9. The van der Waals surface area contributed by atoms with Crippen LogP contribution in [0.1, 0.15) is 52.9 Å². The summed E-state index contributed by atoms with van der Waals surface area (Å²) >= 11 is 5.94. The first-order valence-electron chi connectivity index (χ1n) is 12.4.